The molecule has 0 atom stereocenters. The van der Waals surface area contributed by atoms with E-state index in [9.17, 15) is 14.4 Å². The number of aromatic nitrogens is 2. The van der Waals surface area contributed by atoms with E-state index in [0.717, 1.165) is 25.8 Å². The highest BCUT2D eigenvalue weighted by Crippen LogP contribution is 2.21. The van der Waals surface area contributed by atoms with E-state index in [4.69, 9.17) is 5.73 Å². The monoisotopic (exact) mass is 427 g/mol. The number of carbonyl (C=O) groups excluding carboxylic acids is 1. The van der Waals surface area contributed by atoms with E-state index in [1.165, 1.54) is 20.6 Å². The molecular formula is C23H33N5O3. The van der Waals surface area contributed by atoms with Gasteiger partial charge in [0.05, 0.1) is 6.54 Å². The highest BCUT2D eigenvalue weighted by Gasteiger charge is 2.26. The number of H-pyrrole nitrogens is 1. The Morgan fingerprint density at radius 3 is 2.61 bits per heavy atom. The molecule has 1 aliphatic heterocycles. The number of nitrogen functional groups attached to an aromatic ring is 1. The minimum absolute atomic E-state index is 0.0518. The number of aromatic amines is 1. The summed E-state index contributed by atoms with van der Waals surface area (Å²) in [6.45, 7) is 8.37. The quantitative estimate of drug-likeness (QED) is 0.670. The molecule has 0 radical (unpaired) electrons. The van der Waals surface area contributed by atoms with Crippen LogP contribution in [0.15, 0.2) is 33.9 Å². The maximum atomic E-state index is 13.3. The molecule has 0 aliphatic carbocycles. The molecule has 0 bridgehead atoms. The average molecular weight is 428 g/mol. The molecule has 8 nitrogen and oxygen atoms in total. The second-order valence-electron chi connectivity index (χ2n) is 8.63. The standard InChI is InChI=1S/C23H33N5O3/c1-4-5-11-27(20-21(24)28(13-16(2)3)23(31)25-22(20)30)19(29)15-26-12-10-17-8-6-7-9-18(17)14-26/h6-9,16H,4-5,10-15,24H2,1-3H3,(H,25,30,31). The van der Waals surface area contributed by atoms with Crippen molar-refractivity contribution >= 4 is 17.4 Å². The first kappa shape index (κ1) is 22.8. The lowest BCUT2D eigenvalue weighted by Gasteiger charge is -2.31. The molecule has 0 unspecified atom stereocenters. The van der Waals surface area contributed by atoms with Crippen LogP contribution in [0.3, 0.4) is 0 Å². The summed E-state index contributed by atoms with van der Waals surface area (Å²) in [5.74, 6) is 0.0302. The van der Waals surface area contributed by atoms with Crippen molar-refractivity contribution in [3.63, 3.8) is 0 Å². The molecule has 1 aromatic heterocycles. The van der Waals surface area contributed by atoms with E-state index >= 15 is 0 Å². The van der Waals surface area contributed by atoms with Crippen molar-refractivity contribution in [3.8, 4) is 0 Å². The minimum Gasteiger partial charge on any atom is -0.383 e. The Labute approximate surface area is 182 Å². The molecule has 8 heteroatoms. The highest BCUT2D eigenvalue weighted by molar-refractivity contribution is 5.96. The predicted molar refractivity (Wildman–Crippen MR) is 123 cm³/mol. The lowest BCUT2D eigenvalue weighted by atomic mass is 10.00. The normalized spacial score (nSPS) is 13.9. The van der Waals surface area contributed by atoms with Gasteiger partial charge in [-0.2, -0.15) is 0 Å². The van der Waals surface area contributed by atoms with Crippen molar-refractivity contribution in [3.05, 3.63) is 56.2 Å². The largest absolute Gasteiger partial charge is 0.383 e. The van der Waals surface area contributed by atoms with E-state index < -0.39 is 11.2 Å². The first-order valence-electron chi connectivity index (χ1n) is 11.0. The zero-order chi connectivity index (χ0) is 22.5. The molecule has 168 valence electrons. The van der Waals surface area contributed by atoms with Gasteiger partial charge < -0.3 is 10.6 Å². The number of benzene rings is 1. The van der Waals surface area contributed by atoms with Crippen LogP contribution in [-0.2, 0) is 24.3 Å². The lowest BCUT2D eigenvalue weighted by Crippen LogP contribution is -2.46. The molecule has 0 saturated carbocycles. The van der Waals surface area contributed by atoms with E-state index in [1.54, 1.807) is 0 Å². The van der Waals surface area contributed by atoms with Crippen LogP contribution in [0.1, 0.15) is 44.7 Å². The molecular weight excluding hydrogens is 394 g/mol. The molecule has 3 N–H and O–H groups in total. The molecule has 0 saturated heterocycles. The summed E-state index contributed by atoms with van der Waals surface area (Å²) in [6.07, 6.45) is 2.49. The van der Waals surface area contributed by atoms with Crippen LogP contribution in [-0.4, -0.2) is 40.0 Å². The Bertz CT molecular complexity index is 1040. The summed E-state index contributed by atoms with van der Waals surface area (Å²) in [5.41, 5.74) is 7.74. The van der Waals surface area contributed by atoms with Crippen molar-refractivity contribution < 1.29 is 4.79 Å². The van der Waals surface area contributed by atoms with Crippen molar-refractivity contribution in [2.45, 2.75) is 53.1 Å². The summed E-state index contributed by atoms with van der Waals surface area (Å²) >= 11 is 0. The maximum absolute atomic E-state index is 13.3. The highest BCUT2D eigenvalue weighted by atomic mass is 16.2. The fraction of sp³-hybridized carbons (Fsp3) is 0.522. The summed E-state index contributed by atoms with van der Waals surface area (Å²) < 4.78 is 1.35. The Morgan fingerprint density at radius 1 is 1.23 bits per heavy atom. The van der Waals surface area contributed by atoms with Crippen LogP contribution in [0, 0.1) is 5.92 Å². The first-order valence-corrected chi connectivity index (χ1v) is 11.0. The molecule has 2 aromatic rings. The predicted octanol–water partition coefficient (Wildman–Crippen LogP) is 1.97. The minimum atomic E-state index is -0.615. The van der Waals surface area contributed by atoms with Gasteiger partial charge in [0.1, 0.15) is 5.82 Å². The number of carbonyl (C=O) groups is 1. The molecule has 0 fully saturated rings. The Morgan fingerprint density at radius 2 is 1.94 bits per heavy atom. The van der Waals surface area contributed by atoms with Gasteiger partial charge in [-0.15, -0.1) is 0 Å². The zero-order valence-corrected chi connectivity index (χ0v) is 18.7. The van der Waals surface area contributed by atoms with Crippen LogP contribution in [0.4, 0.5) is 11.5 Å². The third-order valence-electron chi connectivity index (χ3n) is 5.64. The third-order valence-corrected chi connectivity index (χ3v) is 5.64. The number of hydrogen-bond donors (Lipinski definition) is 2. The van der Waals surface area contributed by atoms with Gasteiger partial charge in [0.25, 0.3) is 5.56 Å². The zero-order valence-electron chi connectivity index (χ0n) is 18.7. The van der Waals surface area contributed by atoms with Gasteiger partial charge in [0.15, 0.2) is 5.69 Å². The average Bonchev–Trinajstić information content (AvgIpc) is 2.73. The second kappa shape index (κ2) is 9.96. The van der Waals surface area contributed by atoms with E-state index in [1.807, 2.05) is 32.9 Å². The van der Waals surface area contributed by atoms with Gasteiger partial charge in [0, 0.05) is 26.2 Å². The Hall–Kier alpha value is -2.87. The van der Waals surface area contributed by atoms with Crippen molar-refractivity contribution in [1.82, 2.24) is 14.5 Å². The summed E-state index contributed by atoms with van der Waals surface area (Å²) in [5, 5.41) is 0. The van der Waals surface area contributed by atoms with Crippen molar-refractivity contribution in [2.75, 3.05) is 30.3 Å². The number of hydrogen-bond acceptors (Lipinski definition) is 5. The summed E-state index contributed by atoms with van der Waals surface area (Å²) in [7, 11) is 0. The number of rotatable bonds is 8. The maximum Gasteiger partial charge on any atom is 0.330 e. The van der Waals surface area contributed by atoms with Crippen LogP contribution in [0.25, 0.3) is 0 Å². The van der Waals surface area contributed by atoms with Gasteiger partial charge in [-0.3, -0.25) is 24.0 Å². The van der Waals surface area contributed by atoms with E-state index in [2.05, 4.69) is 22.0 Å². The van der Waals surface area contributed by atoms with Gasteiger partial charge in [0.2, 0.25) is 5.91 Å². The molecule has 31 heavy (non-hydrogen) atoms. The third kappa shape index (κ3) is 5.25. The smallest absolute Gasteiger partial charge is 0.330 e. The Kier molecular flexibility index (Phi) is 7.33. The van der Waals surface area contributed by atoms with E-state index in [0.29, 0.717) is 19.6 Å². The number of nitrogens with two attached hydrogens (primary N) is 1. The number of nitrogens with one attached hydrogen (secondary N) is 1. The van der Waals surface area contributed by atoms with Crippen molar-refractivity contribution in [2.24, 2.45) is 5.92 Å². The molecule has 0 spiro atoms. The van der Waals surface area contributed by atoms with Crippen LogP contribution < -0.4 is 21.9 Å². The summed E-state index contributed by atoms with van der Waals surface area (Å²) in [4.78, 5) is 44.3. The molecule has 3 rings (SSSR count). The number of anilines is 2. The van der Waals surface area contributed by atoms with Crippen LogP contribution in [0.5, 0.6) is 0 Å². The van der Waals surface area contributed by atoms with Crippen LogP contribution >= 0.6 is 0 Å². The first-order chi connectivity index (χ1) is 14.8. The number of unbranched alkanes of at least 4 members (excludes halogenated alkanes) is 1. The van der Waals surface area contributed by atoms with Gasteiger partial charge in [-0.05, 0) is 29.9 Å². The van der Waals surface area contributed by atoms with Gasteiger partial charge >= 0.3 is 5.69 Å². The number of fused-ring (bicyclic) bond motifs is 1. The van der Waals surface area contributed by atoms with Gasteiger partial charge in [-0.25, -0.2) is 4.79 Å². The number of nitrogens with zero attached hydrogens (tertiary/aromatic N) is 3. The molecule has 1 aliphatic rings. The fourth-order valence-electron chi connectivity index (χ4n) is 4.03. The van der Waals surface area contributed by atoms with Gasteiger partial charge in [-0.1, -0.05) is 51.5 Å². The fourth-order valence-corrected chi connectivity index (χ4v) is 4.03. The molecule has 2 heterocycles. The Balaban J connectivity index is 1.89. The number of amides is 1. The molecule has 1 amide bonds. The van der Waals surface area contributed by atoms with Crippen molar-refractivity contribution in [1.29, 1.82) is 0 Å². The van der Waals surface area contributed by atoms with E-state index in [-0.39, 0.29) is 29.9 Å². The summed E-state index contributed by atoms with van der Waals surface area (Å²) in [6, 6.07) is 8.26. The molecule has 1 aromatic carbocycles. The lowest BCUT2D eigenvalue weighted by molar-refractivity contribution is -0.120. The topological polar surface area (TPSA) is 104 Å². The SMILES string of the molecule is CCCCN(C(=O)CN1CCc2ccccc2C1)c1c(N)n(CC(C)C)c(=O)[nH]c1=O. The second-order valence-corrected chi connectivity index (χ2v) is 8.63. The van der Waals surface area contributed by atoms with Crippen LogP contribution in [0.2, 0.25) is 0 Å².